The van der Waals surface area contributed by atoms with E-state index in [4.69, 9.17) is 0 Å². The fourth-order valence-corrected chi connectivity index (χ4v) is 2.35. The Kier molecular flexibility index (Phi) is 4.63. The molecule has 0 spiro atoms. The second-order valence-corrected chi connectivity index (χ2v) is 5.71. The molecule has 0 fully saturated rings. The van der Waals surface area contributed by atoms with E-state index >= 15 is 0 Å². The molecule has 0 aliphatic heterocycles. The van der Waals surface area contributed by atoms with Gasteiger partial charge in [-0.1, -0.05) is 32.1 Å². The first-order valence-corrected chi connectivity index (χ1v) is 7.38. The van der Waals surface area contributed by atoms with E-state index in [1.54, 1.807) is 18.2 Å². The third kappa shape index (κ3) is 3.53. The highest BCUT2D eigenvalue weighted by Gasteiger charge is 2.15. The van der Waals surface area contributed by atoms with Gasteiger partial charge in [0.1, 0.15) is 0 Å². The topological polar surface area (TPSA) is 47.0 Å². The summed E-state index contributed by atoms with van der Waals surface area (Å²) in [6, 6.07) is 3.49. The summed E-state index contributed by atoms with van der Waals surface area (Å²) in [4.78, 5) is 3.95. The van der Waals surface area contributed by atoms with Crippen molar-refractivity contribution in [3.8, 4) is 0 Å². The van der Waals surface area contributed by atoms with E-state index < -0.39 is 9.84 Å². The number of hydrogen-bond acceptors (Lipinski definition) is 3. The van der Waals surface area contributed by atoms with E-state index in [2.05, 4.69) is 18.5 Å². The molecule has 1 rings (SSSR count). The van der Waals surface area contributed by atoms with Crippen molar-refractivity contribution in [2.45, 2.75) is 24.8 Å². The normalized spacial score (nSPS) is 12.5. The number of allylic oxidation sites excluding steroid dienone is 3. The van der Waals surface area contributed by atoms with Gasteiger partial charge in [-0.25, -0.2) is 13.4 Å². The van der Waals surface area contributed by atoms with Crippen LogP contribution in [-0.4, -0.2) is 19.7 Å². The van der Waals surface area contributed by atoms with Crippen LogP contribution in [0.3, 0.4) is 0 Å². The van der Waals surface area contributed by atoms with Crippen LogP contribution in [-0.2, 0) is 9.84 Å². The third-order valence-electron chi connectivity index (χ3n) is 2.31. The Balaban J connectivity index is 3.35. The number of sulfone groups is 1. The first-order chi connectivity index (χ1) is 8.00. The maximum absolute atomic E-state index is 11.6. The van der Waals surface area contributed by atoms with Gasteiger partial charge in [-0.05, 0) is 24.1 Å². The Labute approximate surface area is 103 Å². The first-order valence-electron chi connectivity index (χ1n) is 5.48. The van der Waals surface area contributed by atoms with E-state index in [9.17, 15) is 8.42 Å². The molecule has 3 nitrogen and oxygen atoms in total. The second-order valence-electron chi connectivity index (χ2n) is 3.78. The molecule has 0 amide bonds. The summed E-state index contributed by atoms with van der Waals surface area (Å²) in [5, 5.41) is 0.113. The molecule has 4 heteroatoms. The fraction of sp³-hybridized carbons (Fsp3) is 0.308. The predicted molar refractivity (Wildman–Crippen MR) is 70.4 cm³/mol. The molecule has 1 aromatic rings. The maximum Gasteiger partial charge on any atom is 0.193 e. The average molecular weight is 251 g/mol. The van der Waals surface area contributed by atoms with Gasteiger partial charge in [0.25, 0.3) is 0 Å². The van der Waals surface area contributed by atoms with Gasteiger partial charge in [-0.15, -0.1) is 0 Å². The highest BCUT2D eigenvalue weighted by atomic mass is 32.2. The quantitative estimate of drug-likeness (QED) is 0.756. The molecule has 1 heterocycles. The molecule has 0 aromatic carbocycles. The van der Waals surface area contributed by atoms with E-state index in [0.29, 0.717) is 5.56 Å². The van der Waals surface area contributed by atoms with E-state index in [1.807, 2.05) is 6.08 Å². The van der Waals surface area contributed by atoms with Crippen molar-refractivity contribution < 1.29 is 8.42 Å². The van der Waals surface area contributed by atoms with Gasteiger partial charge in [0.2, 0.25) is 0 Å². The summed E-state index contributed by atoms with van der Waals surface area (Å²) >= 11 is 0. The summed E-state index contributed by atoms with van der Waals surface area (Å²) in [6.07, 6.45) is 8.20. The van der Waals surface area contributed by atoms with Crippen LogP contribution in [0.1, 0.15) is 25.3 Å². The van der Waals surface area contributed by atoms with Gasteiger partial charge in [-0.2, -0.15) is 0 Å². The molecule has 0 radical (unpaired) electrons. The number of rotatable bonds is 5. The summed E-state index contributed by atoms with van der Waals surface area (Å²) < 4.78 is 23.2. The highest BCUT2D eigenvalue weighted by Crippen LogP contribution is 2.22. The first kappa shape index (κ1) is 13.6. The third-order valence-corrected chi connectivity index (χ3v) is 3.33. The summed E-state index contributed by atoms with van der Waals surface area (Å²) in [5.74, 6) is 0. The van der Waals surface area contributed by atoms with Crippen LogP contribution in [0.2, 0.25) is 0 Å². The van der Waals surface area contributed by atoms with E-state index in [0.717, 1.165) is 18.4 Å². The van der Waals surface area contributed by atoms with Crippen molar-refractivity contribution in [3.63, 3.8) is 0 Å². The van der Waals surface area contributed by atoms with Crippen molar-refractivity contribution in [2.24, 2.45) is 0 Å². The molecule has 0 saturated heterocycles. The Hall–Kier alpha value is -1.42. The standard InChI is InChI=1S/C13H17NO2S/c1-4-6-8-11(5-2)12-9-7-10-14-13(12)17(3,15)16/h5,7-10H,2,4,6H2,1,3H3. The zero-order valence-corrected chi connectivity index (χ0v) is 11.0. The van der Waals surface area contributed by atoms with Crippen molar-refractivity contribution in [2.75, 3.05) is 6.26 Å². The zero-order valence-electron chi connectivity index (χ0n) is 10.2. The smallest absolute Gasteiger partial charge is 0.193 e. The van der Waals surface area contributed by atoms with Crippen molar-refractivity contribution >= 4 is 15.4 Å². The van der Waals surface area contributed by atoms with Crippen LogP contribution < -0.4 is 0 Å². The lowest BCUT2D eigenvalue weighted by molar-refractivity contribution is 0.598. The van der Waals surface area contributed by atoms with Gasteiger partial charge in [0.15, 0.2) is 14.9 Å². The SMILES string of the molecule is C=CC(=CCCC)c1cccnc1S(C)(=O)=O. The Morgan fingerprint density at radius 1 is 1.53 bits per heavy atom. The fourth-order valence-electron chi connectivity index (χ4n) is 1.51. The second kappa shape index (κ2) is 5.77. The minimum atomic E-state index is -3.31. The summed E-state index contributed by atoms with van der Waals surface area (Å²) in [6.45, 7) is 5.79. The number of pyridine rings is 1. The molecule has 0 N–H and O–H groups in total. The molecule has 1 aromatic heterocycles. The van der Waals surface area contributed by atoms with Crippen LogP contribution >= 0.6 is 0 Å². The molecule has 17 heavy (non-hydrogen) atoms. The van der Waals surface area contributed by atoms with Crippen LogP contribution in [0.25, 0.3) is 5.57 Å². The number of unbranched alkanes of at least 4 members (excludes halogenated alkanes) is 1. The predicted octanol–water partition coefficient (Wildman–Crippen LogP) is 2.85. The van der Waals surface area contributed by atoms with Gasteiger partial charge in [-0.3, -0.25) is 0 Å². The minimum absolute atomic E-state index is 0.113. The van der Waals surface area contributed by atoms with E-state index in [1.165, 1.54) is 12.5 Å². The van der Waals surface area contributed by atoms with Crippen LogP contribution in [0.4, 0.5) is 0 Å². The van der Waals surface area contributed by atoms with E-state index in [-0.39, 0.29) is 5.03 Å². The molecule has 0 bridgehead atoms. The Bertz CT molecular complexity index is 530. The lowest BCUT2D eigenvalue weighted by Gasteiger charge is -2.07. The lowest BCUT2D eigenvalue weighted by atomic mass is 10.1. The van der Waals surface area contributed by atoms with Gasteiger partial charge in [0.05, 0.1) is 0 Å². The molecule has 0 aliphatic rings. The van der Waals surface area contributed by atoms with Crippen LogP contribution in [0, 0.1) is 0 Å². The number of nitrogens with zero attached hydrogens (tertiary/aromatic N) is 1. The molecule has 92 valence electrons. The van der Waals surface area contributed by atoms with Gasteiger partial charge in [0, 0.05) is 18.0 Å². The minimum Gasteiger partial charge on any atom is -0.244 e. The van der Waals surface area contributed by atoms with Crippen molar-refractivity contribution in [1.29, 1.82) is 0 Å². The zero-order chi connectivity index (χ0) is 12.9. The van der Waals surface area contributed by atoms with Gasteiger partial charge < -0.3 is 0 Å². The van der Waals surface area contributed by atoms with Gasteiger partial charge >= 0.3 is 0 Å². The lowest BCUT2D eigenvalue weighted by Crippen LogP contribution is -2.04. The van der Waals surface area contributed by atoms with Crippen LogP contribution in [0.5, 0.6) is 0 Å². The molecular weight excluding hydrogens is 234 g/mol. The largest absolute Gasteiger partial charge is 0.244 e. The maximum atomic E-state index is 11.6. The Morgan fingerprint density at radius 3 is 2.76 bits per heavy atom. The molecule has 0 unspecified atom stereocenters. The Morgan fingerprint density at radius 2 is 2.24 bits per heavy atom. The average Bonchev–Trinajstić information content (AvgIpc) is 2.29. The van der Waals surface area contributed by atoms with Crippen molar-refractivity contribution in [1.82, 2.24) is 4.98 Å². The number of hydrogen-bond donors (Lipinski definition) is 0. The summed E-state index contributed by atoms with van der Waals surface area (Å²) in [7, 11) is -3.31. The number of aromatic nitrogens is 1. The molecule has 0 atom stereocenters. The molecule has 0 aliphatic carbocycles. The highest BCUT2D eigenvalue weighted by molar-refractivity contribution is 7.90. The molecule has 0 saturated carbocycles. The summed E-state index contributed by atoms with van der Waals surface area (Å²) in [5.41, 5.74) is 1.44. The van der Waals surface area contributed by atoms with Crippen LogP contribution in [0.15, 0.2) is 42.1 Å². The molecular formula is C13H17NO2S. The monoisotopic (exact) mass is 251 g/mol. The van der Waals surface area contributed by atoms with Crippen molar-refractivity contribution in [3.05, 3.63) is 42.6 Å².